The van der Waals surface area contributed by atoms with Gasteiger partial charge in [-0.25, -0.2) is 0 Å². The predicted molar refractivity (Wildman–Crippen MR) is 69.8 cm³/mol. The first-order chi connectivity index (χ1) is 8.33. The van der Waals surface area contributed by atoms with Crippen LogP contribution in [0.4, 0.5) is 0 Å². The number of benzene rings is 1. The molecule has 2 heteroatoms. The summed E-state index contributed by atoms with van der Waals surface area (Å²) < 4.78 is 0. The van der Waals surface area contributed by atoms with Crippen LogP contribution in [0.15, 0.2) is 24.3 Å². The van der Waals surface area contributed by atoms with Crippen molar-refractivity contribution in [1.29, 1.82) is 5.26 Å². The van der Waals surface area contributed by atoms with Gasteiger partial charge in [-0.3, -0.25) is 0 Å². The molecular weight excluding hydrogens is 208 g/mol. The Bertz CT molecular complexity index is 380. The lowest BCUT2D eigenvalue weighted by molar-refractivity contribution is 0.348. The molecule has 90 valence electrons. The lowest BCUT2D eigenvalue weighted by atomic mass is 9.81. The van der Waals surface area contributed by atoms with E-state index in [4.69, 9.17) is 5.26 Å². The van der Waals surface area contributed by atoms with Gasteiger partial charge in [0, 0.05) is 6.04 Å². The van der Waals surface area contributed by atoms with E-state index in [1.54, 1.807) is 0 Å². The van der Waals surface area contributed by atoms with Crippen LogP contribution in [0.5, 0.6) is 0 Å². The Kier molecular flexibility index (Phi) is 4.17. The van der Waals surface area contributed by atoms with Gasteiger partial charge < -0.3 is 5.32 Å². The molecule has 1 N–H and O–H groups in total. The van der Waals surface area contributed by atoms with Crippen LogP contribution in [0.25, 0.3) is 0 Å². The number of hydrogen-bond acceptors (Lipinski definition) is 2. The van der Waals surface area contributed by atoms with Gasteiger partial charge in [0.25, 0.3) is 0 Å². The van der Waals surface area contributed by atoms with Crippen molar-refractivity contribution in [1.82, 2.24) is 5.32 Å². The second-order valence-electron chi connectivity index (χ2n) is 4.84. The van der Waals surface area contributed by atoms with Gasteiger partial charge in [-0.05, 0) is 55.8 Å². The third-order valence-corrected chi connectivity index (χ3v) is 3.73. The number of hydrogen-bond donors (Lipinski definition) is 1. The molecule has 0 aromatic heterocycles. The fourth-order valence-corrected chi connectivity index (χ4v) is 2.75. The van der Waals surface area contributed by atoms with Gasteiger partial charge in [0.15, 0.2) is 0 Å². The summed E-state index contributed by atoms with van der Waals surface area (Å²) in [4.78, 5) is 0. The lowest BCUT2D eigenvalue weighted by Gasteiger charge is -2.29. The molecule has 17 heavy (non-hydrogen) atoms. The first-order valence-corrected chi connectivity index (χ1v) is 6.57. The molecule has 2 rings (SSSR count). The number of rotatable bonds is 3. The van der Waals surface area contributed by atoms with Crippen molar-refractivity contribution in [3.05, 3.63) is 35.4 Å². The second kappa shape index (κ2) is 5.84. The molecule has 0 aliphatic heterocycles. The smallest absolute Gasteiger partial charge is 0.0991 e. The van der Waals surface area contributed by atoms with Crippen LogP contribution < -0.4 is 5.32 Å². The van der Waals surface area contributed by atoms with Gasteiger partial charge in [-0.15, -0.1) is 0 Å². The van der Waals surface area contributed by atoms with E-state index in [1.807, 2.05) is 12.1 Å². The van der Waals surface area contributed by atoms with Crippen LogP contribution in [0.2, 0.25) is 0 Å². The van der Waals surface area contributed by atoms with Crippen LogP contribution in [0.3, 0.4) is 0 Å². The summed E-state index contributed by atoms with van der Waals surface area (Å²) in [7, 11) is 0. The second-order valence-corrected chi connectivity index (χ2v) is 4.84. The molecule has 1 aliphatic rings. The zero-order valence-corrected chi connectivity index (χ0v) is 10.4. The Labute approximate surface area is 104 Å². The highest BCUT2D eigenvalue weighted by atomic mass is 14.9. The van der Waals surface area contributed by atoms with Crippen molar-refractivity contribution in [3.8, 4) is 6.07 Å². The zero-order valence-electron chi connectivity index (χ0n) is 10.4. The molecule has 0 spiro atoms. The summed E-state index contributed by atoms with van der Waals surface area (Å²) in [5, 5.41) is 12.3. The highest BCUT2D eigenvalue weighted by Gasteiger charge is 2.21. The van der Waals surface area contributed by atoms with Crippen molar-refractivity contribution >= 4 is 0 Å². The van der Waals surface area contributed by atoms with Crippen molar-refractivity contribution < 1.29 is 0 Å². The Balaban J connectivity index is 1.94. The summed E-state index contributed by atoms with van der Waals surface area (Å²) in [6.45, 7) is 3.25. The number of nitrogens with zero attached hydrogens (tertiary/aromatic N) is 1. The monoisotopic (exact) mass is 228 g/mol. The van der Waals surface area contributed by atoms with Crippen molar-refractivity contribution in [2.75, 3.05) is 6.54 Å². The van der Waals surface area contributed by atoms with Crippen LogP contribution in [-0.2, 0) is 0 Å². The molecule has 0 bridgehead atoms. The van der Waals surface area contributed by atoms with Crippen molar-refractivity contribution in [3.63, 3.8) is 0 Å². The molecule has 1 aromatic rings. The first-order valence-electron chi connectivity index (χ1n) is 6.57. The van der Waals surface area contributed by atoms with Gasteiger partial charge in [-0.1, -0.05) is 19.1 Å². The SMILES string of the molecule is CCNC1CCC(c2ccc(C#N)cc2)CC1. The maximum atomic E-state index is 8.77. The van der Waals surface area contributed by atoms with Crippen LogP contribution in [-0.4, -0.2) is 12.6 Å². The lowest BCUT2D eigenvalue weighted by Crippen LogP contribution is -2.32. The summed E-state index contributed by atoms with van der Waals surface area (Å²) >= 11 is 0. The maximum absolute atomic E-state index is 8.77. The van der Waals surface area contributed by atoms with Gasteiger partial charge in [-0.2, -0.15) is 5.26 Å². The molecule has 1 aliphatic carbocycles. The topological polar surface area (TPSA) is 35.8 Å². The summed E-state index contributed by atoms with van der Waals surface area (Å²) in [6, 6.07) is 11.0. The Morgan fingerprint density at radius 2 is 1.82 bits per heavy atom. The molecule has 0 radical (unpaired) electrons. The van der Waals surface area contributed by atoms with E-state index >= 15 is 0 Å². The van der Waals surface area contributed by atoms with Crippen LogP contribution >= 0.6 is 0 Å². The molecule has 0 unspecified atom stereocenters. The Morgan fingerprint density at radius 1 is 1.18 bits per heavy atom. The van der Waals surface area contributed by atoms with Gasteiger partial charge in [0.05, 0.1) is 11.6 Å². The van der Waals surface area contributed by atoms with E-state index in [1.165, 1.54) is 31.2 Å². The van der Waals surface area contributed by atoms with Crippen LogP contribution in [0, 0.1) is 11.3 Å². The molecule has 0 atom stereocenters. The van der Waals surface area contributed by atoms with E-state index < -0.39 is 0 Å². The predicted octanol–water partition coefficient (Wildman–Crippen LogP) is 3.19. The summed E-state index contributed by atoms with van der Waals surface area (Å²) in [6.07, 6.45) is 5.09. The molecule has 0 heterocycles. The molecular formula is C15H20N2. The van der Waals surface area contributed by atoms with Crippen molar-refractivity contribution in [2.24, 2.45) is 0 Å². The molecule has 0 saturated heterocycles. The Hall–Kier alpha value is -1.33. The van der Waals surface area contributed by atoms with Crippen LogP contribution in [0.1, 0.15) is 49.7 Å². The quantitative estimate of drug-likeness (QED) is 0.862. The highest BCUT2D eigenvalue weighted by molar-refractivity contribution is 5.33. The van der Waals surface area contributed by atoms with E-state index in [0.717, 1.165) is 18.2 Å². The Morgan fingerprint density at radius 3 is 2.35 bits per heavy atom. The fraction of sp³-hybridized carbons (Fsp3) is 0.533. The number of nitrogens with one attached hydrogen (secondary N) is 1. The molecule has 1 saturated carbocycles. The molecule has 0 amide bonds. The standard InChI is InChI=1S/C15H20N2/c1-2-17-15-9-7-14(8-10-15)13-5-3-12(11-16)4-6-13/h3-6,14-15,17H,2,7-10H2,1H3. The normalized spacial score (nSPS) is 24.2. The van der Waals surface area contributed by atoms with Crippen molar-refractivity contribution in [2.45, 2.75) is 44.6 Å². The van der Waals surface area contributed by atoms with E-state index in [9.17, 15) is 0 Å². The third kappa shape index (κ3) is 3.08. The molecule has 1 fully saturated rings. The molecule has 2 nitrogen and oxygen atoms in total. The number of nitriles is 1. The fourth-order valence-electron chi connectivity index (χ4n) is 2.75. The summed E-state index contributed by atoms with van der Waals surface area (Å²) in [5.41, 5.74) is 2.16. The van der Waals surface area contributed by atoms with E-state index in [0.29, 0.717) is 5.92 Å². The van der Waals surface area contributed by atoms with Gasteiger partial charge in [0.1, 0.15) is 0 Å². The van der Waals surface area contributed by atoms with E-state index in [2.05, 4.69) is 30.4 Å². The van der Waals surface area contributed by atoms with Gasteiger partial charge in [0.2, 0.25) is 0 Å². The van der Waals surface area contributed by atoms with Gasteiger partial charge >= 0.3 is 0 Å². The van der Waals surface area contributed by atoms with E-state index in [-0.39, 0.29) is 0 Å². The zero-order chi connectivity index (χ0) is 12.1. The minimum atomic E-state index is 0.692. The summed E-state index contributed by atoms with van der Waals surface area (Å²) in [5.74, 6) is 0.692. The largest absolute Gasteiger partial charge is 0.314 e. The average molecular weight is 228 g/mol. The minimum Gasteiger partial charge on any atom is -0.314 e. The minimum absolute atomic E-state index is 0.692. The third-order valence-electron chi connectivity index (χ3n) is 3.73. The maximum Gasteiger partial charge on any atom is 0.0991 e. The highest BCUT2D eigenvalue weighted by Crippen LogP contribution is 2.32. The molecule has 1 aromatic carbocycles. The first kappa shape index (κ1) is 12.1. The average Bonchev–Trinajstić information content (AvgIpc) is 2.40.